The van der Waals surface area contributed by atoms with Gasteiger partial charge in [0.2, 0.25) is 0 Å². The molecule has 0 aliphatic carbocycles. The van der Waals surface area contributed by atoms with Gasteiger partial charge in [-0.1, -0.05) is 6.92 Å². The van der Waals surface area contributed by atoms with Crippen LogP contribution in [-0.2, 0) is 14.3 Å². The Balaban J connectivity index is 2.61. The zero-order chi connectivity index (χ0) is 13.5. The van der Waals surface area contributed by atoms with Gasteiger partial charge >= 0.3 is 12.1 Å². The predicted octanol–water partition coefficient (Wildman–Crippen LogP) is 0.616. The van der Waals surface area contributed by atoms with Crippen molar-refractivity contribution >= 4 is 12.1 Å². The minimum absolute atomic E-state index is 0.0677. The fraction of sp³-hybridized carbons (Fsp3) is 0.833. The van der Waals surface area contributed by atoms with E-state index < -0.39 is 6.09 Å². The van der Waals surface area contributed by atoms with Crippen molar-refractivity contribution in [3.05, 3.63) is 0 Å². The number of methoxy groups -OCH3 is 2. The van der Waals surface area contributed by atoms with E-state index in [2.05, 4.69) is 21.9 Å². The molecule has 6 heteroatoms. The number of hydrogen-bond donors (Lipinski definition) is 1. The predicted molar refractivity (Wildman–Crippen MR) is 66.2 cm³/mol. The molecule has 0 aromatic heterocycles. The fourth-order valence-corrected chi connectivity index (χ4v) is 2.36. The van der Waals surface area contributed by atoms with E-state index in [4.69, 9.17) is 4.74 Å². The fourth-order valence-electron chi connectivity index (χ4n) is 2.36. The van der Waals surface area contributed by atoms with Crippen molar-refractivity contribution in [3.8, 4) is 0 Å². The summed E-state index contributed by atoms with van der Waals surface area (Å²) < 4.78 is 9.37. The topological polar surface area (TPSA) is 67.9 Å². The van der Waals surface area contributed by atoms with Crippen LogP contribution in [-0.4, -0.2) is 56.9 Å². The highest BCUT2D eigenvalue weighted by Crippen LogP contribution is 2.18. The average molecular weight is 258 g/mol. The van der Waals surface area contributed by atoms with Crippen molar-refractivity contribution in [2.75, 3.05) is 33.9 Å². The Labute approximate surface area is 108 Å². The van der Waals surface area contributed by atoms with Crippen LogP contribution >= 0.6 is 0 Å². The first-order chi connectivity index (χ1) is 8.60. The number of ether oxygens (including phenoxy) is 2. The molecule has 1 rings (SSSR count). The number of likely N-dealkylation sites (tertiary alicyclic amines) is 1. The van der Waals surface area contributed by atoms with Crippen LogP contribution in [0.15, 0.2) is 0 Å². The van der Waals surface area contributed by atoms with Crippen LogP contribution in [0.4, 0.5) is 4.79 Å². The number of hydrogen-bond acceptors (Lipinski definition) is 5. The quantitative estimate of drug-likeness (QED) is 0.749. The maximum Gasteiger partial charge on any atom is 0.407 e. The molecule has 18 heavy (non-hydrogen) atoms. The summed E-state index contributed by atoms with van der Waals surface area (Å²) >= 11 is 0. The minimum atomic E-state index is -0.457. The molecule has 0 radical (unpaired) electrons. The molecule has 0 saturated carbocycles. The molecule has 0 bridgehead atoms. The highest BCUT2D eigenvalue weighted by molar-refractivity contribution is 5.73. The van der Waals surface area contributed by atoms with E-state index >= 15 is 0 Å². The molecule has 6 nitrogen and oxygen atoms in total. The Morgan fingerprint density at radius 1 is 1.28 bits per heavy atom. The van der Waals surface area contributed by atoms with Gasteiger partial charge in [-0.25, -0.2) is 4.79 Å². The number of amides is 1. The number of carbonyl (C=O) groups excluding carboxylic acids is 2. The van der Waals surface area contributed by atoms with E-state index in [9.17, 15) is 9.59 Å². The van der Waals surface area contributed by atoms with Gasteiger partial charge in [0.1, 0.15) is 0 Å². The summed E-state index contributed by atoms with van der Waals surface area (Å²) in [5.41, 5.74) is 0. The molecule has 1 fully saturated rings. The number of alkyl carbamates (subject to hydrolysis) is 1. The van der Waals surface area contributed by atoms with Crippen LogP contribution in [0.2, 0.25) is 0 Å². The Bertz CT molecular complexity index is 296. The first kappa shape index (κ1) is 14.8. The third-order valence-electron chi connectivity index (χ3n) is 3.11. The van der Waals surface area contributed by atoms with Crippen molar-refractivity contribution in [2.24, 2.45) is 5.92 Å². The maximum atomic E-state index is 11.6. The number of nitrogens with one attached hydrogen (secondary N) is 1. The van der Waals surface area contributed by atoms with Crippen LogP contribution in [0.5, 0.6) is 0 Å². The number of rotatable bonds is 4. The van der Waals surface area contributed by atoms with Gasteiger partial charge in [-0.05, 0) is 19.4 Å². The van der Waals surface area contributed by atoms with Gasteiger partial charge in [-0.2, -0.15) is 0 Å². The summed E-state index contributed by atoms with van der Waals surface area (Å²) in [7, 11) is 2.73. The number of nitrogens with zero attached hydrogens (tertiary/aromatic N) is 1. The first-order valence-electron chi connectivity index (χ1n) is 6.25. The minimum Gasteiger partial charge on any atom is -0.469 e. The normalized spacial score (nSPS) is 24.4. The van der Waals surface area contributed by atoms with E-state index in [1.54, 1.807) is 0 Å². The second-order valence-electron chi connectivity index (χ2n) is 4.55. The van der Waals surface area contributed by atoms with E-state index in [0.717, 1.165) is 19.5 Å². The Morgan fingerprint density at radius 2 is 2.00 bits per heavy atom. The second-order valence-corrected chi connectivity index (χ2v) is 4.55. The molecule has 104 valence electrons. The lowest BCUT2D eigenvalue weighted by atomic mass is 9.94. The third-order valence-corrected chi connectivity index (χ3v) is 3.11. The molecular weight excluding hydrogens is 236 g/mol. The Morgan fingerprint density at radius 3 is 2.56 bits per heavy atom. The van der Waals surface area contributed by atoms with Gasteiger partial charge in [0.25, 0.3) is 0 Å². The highest BCUT2D eigenvalue weighted by atomic mass is 16.5. The van der Waals surface area contributed by atoms with E-state index in [1.807, 2.05) is 0 Å². The Kier molecular flexibility index (Phi) is 5.91. The lowest BCUT2D eigenvalue weighted by Gasteiger charge is -2.36. The molecule has 0 aromatic rings. The lowest BCUT2D eigenvalue weighted by molar-refractivity contribution is -0.147. The molecule has 1 N–H and O–H groups in total. The SMILES string of the molecule is CCCN1CC(NC(=O)OC)CC(C(=O)OC)C1. The van der Waals surface area contributed by atoms with Crippen molar-refractivity contribution < 1.29 is 19.1 Å². The smallest absolute Gasteiger partial charge is 0.407 e. The average Bonchev–Trinajstić information content (AvgIpc) is 2.37. The number of piperidine rings is 1. The van der Waals surface area contributed by atoms with Gasteiger partial charge in [-0.15, -0.1) is 0 Å². The molecule has 1 aliphatic rings. The van der Waals surface area contributed by atoms with Crippen LogP contribution in [0, 0.1) is 5.92 Å². The van der Waals surface area contributed by atoms with Crippen LogP contribution in [0.1, 0.15) is 19.8 Å². The summed E-state index contributed by atoms with van der Waals surface area (Å²) in [4.78, 5) is 25.0. The van der Waals surface area contributed by atoms with Crippen LogP contribution < -0.4 is 5.32 Å². The summed E-state index contributed by atoms with van der Waals surface area (Å²) in [6.45, 7) is 4.44. The Hall–Kier alpha value is -1.30. The molecule has 0 spiro atoms. The molecule has 0 aromatic carbocycles. The zero-order valence-electron chi connectivity index (χ0n) is 11.3. The first-order valence-corrected chi connectivity index (χ1v) is 6.25. The van der Waals surface area contributed by atoms with Gasteiger partial charge in [0, 0.05) is 19.1 Å². The largest absolute Gasteiger partial charge is 0.469 e. The van der Waals surface area contributed by atoms with Gasteiger partial charge in [0.15, 0.2) is 0 Å². The molecule has 1 amide bonds. The summed E-state index contributed by atoms with van der Waals surface area (Å²) in [6.07, 6.45) is 1.16. The van der Waals surface area contributed by atoms with Crippen molar-refractivity contribution in [1.82, 2.24) is 10.2 Å². The van der Waals surface area contributed by atoms with E-state index in [1.165, 1.54) is 14.2 Å². The zero-order valence-corrected chi connectivity index (χ0v) is 11.3. The molecule has 2 atom stereocenters. The van der Waals surface area contributed by atoms with E-state index in [0.29, 0.717) is 13.0 Å². The molecule has 1 saturated heterocycles. The lowest BCUT2D eigenvalue weighted by Crippen LogP contribution is -2.52. The molecule has 1 aliphatic heterocycles. The van der Waals surface area contributed by atoms with Crippen molar-refractivity contribution in [1.29, 1.82) is 0 Å². The maximum absolute atomic E-state index is 11.6. The van der Waals surface area contributed by atoms with Gasteiger partial charge in [0.05, 0.1) is 20.1 Å². The molecule has 1 heterocycles. The monoisotopic (exact) mass is 258 g/mol. The number of carbonyl (C=O) groups is 2. The van der Waals surface area contributed by atoms with Crippen LogP contribution in [0.25, 0.3) is 0 Å². The van der Waals surface area contributed by atoms with Crippen molar-refractivity contribution in [2.45, 2.75) is 25.8 Å². The summed E-state index contributed by atoms with van der Waals surface area (Å²) in [5.74, 6) is -0.398. The number of esters is 1. The van der Waals surface area contributed by atoms with Gasteiger partial charge in [-0.3, -0.25) is 4.79 Å². The standard InChI is InChI=1S/C12H22N2O4/c1-4-5-14-7-9(11(15)17-2)6-10(8-14)13-12(16)18-3/h9-10H,4-8H2,1-3H3,(H,13,16). The van der Waals surface area contributed by atoms with Crippen molar-refractivity contribution in [3.63, 3.8) is 0 Å². The third kappa shape index (κ3) is 4.18. The van der Waals surface area contributed by atoms with Gasteiger partial charge < -0.3 is 19.7 Å². The highest BCUT2D eigenvalue weighted by Gasteiger charge is 2.32. The van der Waals surface area contributed by atoms with E-state index in [-0.39, 0.29) is 17.9 Å². The molecular formula is C12H22N2O4. The summed E-state index contributed by atoms with van der Waals surface area (Å²) in [6, 6.07) is -0.0677. The summed E-state index contributed by atoms with van der Waals surface area (Å²) in [5, 5.41) is 2.76. The van der Waals surface area contributed by atoms with Crippen LogP contribution in [0.3, 0.4) is 0 Å². The molecule has 2 unspecified atom stereocenters. The second kappa shape index (κ2) is 7.20.